The van der Waals surface area contributed by atoms with Gasteiger partial charge in [-0.15, -0.1) is 10.2 Å². The van der Waals surface area contributed by atoms with Crippen LogP contribution in [0.1, 0.15) is 36.8 Å². The average molecular weight is 398 g/mol. The van der Waals surface area contributed by atoms with Gasteiger partial charge in [-0.2, -0.15) is 11.3 Å². The number of hydrogen-bond acceptors (Lipinski definition) is 6. The molecule has 3 aromatic rings. The molecule has 0 saturated carbocycles. The van der Waals surface area contributed by atoms with E-state index in [1.807, 2.05) is 52.1 Å². The van der Waals surface area contributed by atoms with Crippen molar-refractivity contribution < 1.29 is 14.3 Å². The molecular formula is C21H23N3O3S. The first-order valence-electron chi connectivity index (χ1n) is 9.56. The molecule has 7 heteroatoms. The Bertz CT molecular complexity index is 887. The lowest BCUT2D eigenvalue weighted by Crippen LogP contribution is -2.39. The first-order chi connectivity index (χ1) is 13.7. The van der Waals surface area contributed by atoms with E-state index in [1.54, 1.807) is 11.3 Å². The molecule has 0 spiro atoms. The van der Waals surface area contributed by atoms with Crippen molar-refractivity contribution in [3.8, 4) is 11.5 Å². The molecule has 1 aliphatic rings. The Balaban J connectivity index is 1.25. The van der Waals surface area contributed by atoms with Gasteiger partial charge in [0.05, 0.1) is 6.10 Å². The van der Waals surface area contributed by atoms with E-state index in [2.05, 4.69) is 10.2 Å². The second-order valence-electron chi connectivity index (χ2n) is 7.09. The van der Waals surface area contributed by atoms with Gasteiger partial charge in [0.2, 0.25) is 17.7 Å². The number of carbonyl (C=O) groups is 1. The molecule has 1 atom stereocenters. The fraction of sp³-hybridized carbons (Fsp3) is 0.381. The molecule has 0 radical (unpaired) electrons. The van der Waals surface area contributed by atoms with Crippen LogP contribution in [0.15, 0.2) is 51.6 Å². The van der Waals surface area contributed by atoms with E-state index in [0.717, 1.165) is 24.0 Å². The smallest absolute Gasteiger partial charge is 0.248 e. The summed E-state index contributed by atoms with van der Waals surface area (Å²) >= 11 is 1.57. The Labute approximate surface area is 167 Å². The molecule has 1 aromatic carbocycles. The monoisotopic (exact) mass is 397 g/mol. The number of piperidine rings is 1. The summed E-state index contributed by atoms with van der Waals surface area (Å²) in [5.74, 6) is 1.28. The van der Waals surface area contributed by atoms with Gasteiger partial charge in [-0.1, -0.05) is 30.3 Å². The molecule has 1 fully saturated rings. The van der Waals surface area contributed by atoms with Crippen molar-refractivity contribution in [2.45, 2.75) is 31.8 Å². The normalized spacial score (nSPS) is 16.2. The summed E-state index contributed by atoms with van der Waals surface area (Å²) in [6.07, 6.45) is 1.96. The van der Waals surface area contributed by atoms with Crippen LogP contribution < -0.4 is 0 Å². The second kappa shape index (κ2) is 8.67. The molecular weight excluding hydrogens is 374 g/mol. The van der Waals surface area contributed by atoms with Crippen LogP contribution in [0.25, 0.3) is 11.5 Å². The van der Waals surface area contributed by atoms with E-state index in [9.17, 15) is 9.90 Å². The number of amides is 1. The highest BCUT2D eigenvalue weighted by atomic mass is 32.1. The number of benzene rings is 1. The van der Waals surface area contributed by atoms with E-state index in [4.69, 9.17) is 4.42 Å². The third kappa shape index (κ3) is 4.31. The Morgan fingerprint density at radius 1 is 1.21 bits per heavy atom. The third-order valence-corrected chi connectivity index (χ3v) is 5.95. The van der Waals surface area contributed by atoms with Gasteiger partial charge in [-0.3, -0.25) is 4.79 Å². The van der Waals surface area contributed by atoms with Crippen molar-refractivity contribution in [1.82, 2.24) is 15.1 Å². The van der Waals surface area contributed by atoms with Gasteiger partial charge in [0.1, 0.15) is 0 Å². The topological polar surface area (TPSA) is 79.5 Å². The Morgan fingerprint density at radius 3 is 2.71 bits per heavy atom. The number of thiophene rings is 1. The highest BCUT2D eigenvalue weighted by Gasteiger charge is 2.28. The van der Waals surface area contributed by atoms with E-state index in [-0.39, 0.29) is 11.8 Å². The summed E-state index contributed by atoms with van der Waals surface area (Å²) in [6.45, 7) is 1.36. The Kier molecular flexibility index (Phi) is 5.83. The summed E-state index contributed by atoms with van der Waals surface area (Å²) in [6, 6.07) is 11.7. The maximum absolute atomic E-state index is 12.5. The van der Waals surface area contributed by atoms with Gasteiger partial charge in [0.15, 0.2) is 0 Å². The predicted octanol–water partition coefficient (Wildman–Crippen LogP) is 3.70. The van der Waals surface area contributed by atoms with Crippen molar-refractivity contribution in [3.05, 3.63) is 58.6 Å². The molecule has 4 rings (SSSR count). The van der Waals surface area contributed by atoms with Crippen molar-refractivity contribution in [3.63, 3.8) is 0 Å². The largest absolute Gasteiger partial charge is 0.421 e. The lowest BCUT2D eigenvalue weighted by Gasteiger charge is -2.34. The van der Waals surface area contributed by atoms with E-state index < -0.39 is 6.10 Å². The van der Waals surface area contributed by atoms with Gasteiger partial charge < -0.3 is 14.4 Å². The van der Waals surface area contributed by atoms with Crippen LogP contribution in [0.5, 0.6) is 0 Å². The standard InChI is InChI=1S/C21H23N3O3S/c25-19(7-6-18-22-23-21(27-18)17-10-13-28-14-17)24-11-8-16(9-12-24)20(26)15-4-2-1-3-5-15/h1-5,10,13-14,16,20,26H,6-9,11-12H2. The van der Waals surface area contributed by atoms with Crippen LogP contribution >= 0.6 is 11.3 Å². The molecule has 3 heterocycles. The zero-order chi connectivity index (χ0) is 19.3. The summed E-state index contributed by atoms with van der Waals surface area (Å²) < 4.78 is 5.64. The van der Waals surface area contributed by atoms with Crippen LogP contribution in [0.3, 0.4) is 0 Å². The van der Waals surface area contributed by atoms with Gasteiger partial charge >= 0.3 is 0 Å². The minimum Gasteiger partial charge on any atom is -0.421 e. The van der Waals surface area contributed by atoms with Gasteiger partial charge in [-0.25, -0.2) is 0 Å². The van der Waals surface area contributed by atoms with Crippen LogP contribution in [0, 0.1) is 5.92 Å². The molecule has 28 heavy (non-hydrogen) atoms. The van der Waals surface area contributed by atoms with E-state index >= 15 is 0 Å². The molecule has 1 saturated heterocycles. The summed E-state index contributed by atoms with van der Waals surface area (Å²) in [5, 5.41) is 22.6. The molecule has 2 aromatic heterocycles. The van der Waals surface area contributed by atoms with Crippen molar-refractivity contribution >= 4 is 17.2 Å². The summed E-state index contributed by atoms with van der Waals surface area (Å²) in [4.78, 5) is 14.4. The summed E-state index contributed by atoms with van der Waals surface area (Å²) in [5.41, 5.74) is 1.86. The summed E-state index contributed by atoms with van der Waals surface area (Å²) in [7, 11) is 0. The van der Waals surface area contributed by atoms with Crippen LogP contribution in [-0.4, -0.2) is 39.2 Å². The minimum absolute atomic E-state index is 0.0999. The number of likely N-dealkylation sites (tertiary alicyclic amines) is 1. The first kappa shape index (κ1) is 18.8. The average Bonchev–Trinajstić information content (AvgIpc) is 3.44. The quantitative estimate of drug-likeness (QED) is 0.686. The molecule has 146 valence electrons. The number of carbonyl (C=O) groups excluding carboxylic acids is 1. The van der Waals surface area contributed by atoms with Gasteiger partial charge in [0.25, 0.3) is 0 Å². The SMILES string of the molecule is O=C(CCc1nnc(-c2ccsc2)o1)N1CCC(C(O)c2ccccc2)CC1. The highest BCUT2D eigenvalue weighted by Crippen LogP contribution is 2.30. The minimum atomic E-state index is -0.465. The zero-order valence-electron chi connectivity index (χ0n) is 15.5. The third-order valence-electron chi connectivity index (χ3n) is 5.27. The molecule has 1 aliphatic heterocycles. The van der Waals surface area contributed by atoms with Crippen LogP contribution in [0.2, 0.25) is 0 Å². The van der Waals surface area contributed by atoms with Gasteiger partial charge in [0, 0.05) is 36.9 Å². The molecule has 1 unspecified atom stereocenters. The fourth-order valence-electron chi connectivity index (χ4n) is 3.62. The number of rotatable bonds is 6. The molecule has 1 N–H and O–H groups in total. The Morgan fingerprint density at radius 2 is 2.00 bits per heavy atom. The van der Waals surface area contributed by atoms with Crippen LogP contribution in [-0.2, 0) is 11.2 Å². The second-order valence-corrected chi connectivity index (χ2v) is 7.87. The van der Waals surface area contributed by atoms with E-state index in [1.165, 1.54) is 0 Å². The maximum atomic E-state index is 12.5. The number of aromatic nitrogens is 2. The Hall–Kier alpha value is -2.51. The molecule has 1 amide bonds. The molecule has 6 nitrogen and oxygen atoms in total. The van der Waals surface area contributed by atoms with Crippen molar-refractivity contribution in [2.75, 3.05) is 13.1 Å². The lowest BCUT2D eigenvalue weighted by atomic mass is 9.87. The number of hydrogen-bond donors (Lipinski definition) is 1. The van der Waals surface area contributed by atoms with Crippen LogP contribution in [0.4, 0.5) is 0 Å². The number of nitrogens with zero attached hydrogens (tertiary/aromatic N) is 3. The van der Waals surface area contributed by atoms with Crippen molar-refractivity contribution in [2.24, 2.45) is 5.92 Å². The number of aliphatic hydroxyl groups is 1. The van der Waals surface area contributed by atoms with Crippen molar-refractivity contribution in [1.29, 1.82) is 0 Å². The molecule has 0 bridgehead atoms. The first-order valence-corrected chi connectivity index (χ1v) is 10.5. The maximum Gasteiger partial charge on any atom is 0.248 e. The highest BCUT2D eigenvalue weighted by molar-refractivity contribution is 7.08. The predicted molar refractivity (Wildman–Crippen MR) is 107 cm³/mol. The van der Waals surface area contributed by atoms with Gasteiger partial charge in [-0.05, 0) is 35.8 Å². The van der Waals surface area contributed by atoms with E-state index in [0.29, 0.717) is 37.7 Å². The number of aliphatic hydroxyl groups excluding tert-OH is 1. The fourth-order valence-corrected chi connectivity index (χ4v) is 4.25. The lowest BCUT2D eigenvalue weighted by molar-refractivity contribution is -0.133. The number of aryl methyl sites for hydroxylation is 1. The zero-order valence-corrected chi connectivity index (χ0v) is 16.3. The molecule has 0 aliphatic carbocycles.